The van der Waals surface area contributed by atoms with Crippen LogP contribution in [0, 0.1) is 11.6 Å². The fourth-order valence-corrected chi connectivity index (χ4v) is 2.02. The van der Waals surface area contributed by atoms with Crippen LogP contribution in [0.15, 0.2) is 53.5 Å². The fourth-order valence-electron chi connectivity index (χ4n) is 1.54. The van der Waals surface area contributed by atoms with E-state index in [4.69, 9.17) is 0 Å². The van der Waals surface area contributed by atoms with Crippen LogP contribution in [0.1, 0.15) is 11.1 Å². The van der Waals surface area contributed by atoms with Gasteiger partial charge in [0.1, 0.15) is 11.6 Å². The summed E-state index contributed by atoms with van der Waals surface area (Å²) in [5.41, 5.74) is 2.07. The van der Waals surface area contributed by atoms with Crippen molar-refractivity contribution in [1.82, 2.24) is 0 Å². The zero-order valence-electron chi connectivity index (χ0n) is 8.88. The van der Waals surface area contributed by atoms with Gasteiger partial charge in [0.05, 0.1) is 0 Å². The zero-order valence-corrected chi connectivity index (χ0v) is 10.5. The number of hydrogen-bond acceptors (Lipinski definition) is 0. The van der Waals surface area contributed by atoms with Crippen LogP contribution in [0.25, 0.3) is 5.57 Å². The predicted molar refractivity (Wildman–Crippen MR) is 68.6 cm³/mol. The lowest BCUT2D eigenvalue weighted by Gasteiger charge is -2.08. The quantitative estimate of drug-likeness (QED) is 0.747. The molecule has 0 aliphatic rings. The number of hydrogen-bond donors (Lipinski definition) is 0. The van der Waals surface area contributed by atoms with Gasteiger partial charge in [-0.05, 0) is 47.0 Å². The van der Waals surface area contributed by atoms with Crippen LogP contribution in [0.3, 0.4) is 0 Å². The second-order valence-corrected chi connectivity index (χ2v) is 4.46. The molecule has 0 amide bonds. The molecule has 0 radical (unpaired) electrons. The van der Waals surface area contributed by atoms with Crippen molar-refractivity contribution in [3.63, 3.8) is 0 Å². The highest BCUT2D eigenvalue weighted by atomic mass is 79.9. The van der Waals surface area contributed by atoms with Crippen LogP contribution in [0.4, 0.5) is 8.78 Å². The second kappa shape index (κ2) is 4.80. The lowest BCUT2D eigenvalue weighted by atomic mass is 10.00. The highest BCUT2D eigenvalue weighted by Crippen LogP contribution is 2.28. The first-order chi connectivity index (χ1) is 8.08. The van der Waals surface area contributed by atoms with Gasteiger partial charge in [-0.15, -0.1) is 0 Å². The predicted octanol–water partition coefficient (Wildman–Crippen LogP) is 4.79. The Labute approximate surface area is 107 Å². The van der Waals surface area contributed by atoms with Gasteiger partial charge in [-0.25, -0.2) is 8.78 Å². The van der Waals surface area contributed by atoms with Crippen LogP contribution in [0.2, 0.25) is 0 Å². The smallest absolute Gasteiger partial charge is 0.123 e. The van der Waals surface area contributed by atoms with Crippen LogP contribution < -0.4 is 0 Å². The van der Waals surface area contributed by atoms with E-state index in [1.165, 1.54) is 24.3 Å². The first-order valence-corrected chi connectivity index (χ1v) is 5.77. The maximum Gasteiger partial charge on any atom is 0.123 e. The summed E-state index contributed by atoms with van der Waals surface area (Å²) >= 11 is 3.34. The lowest BCUT2D eigenvalue weighted by molar-refractivity contribution is 0.626. The monoisotopic (exact) mass is 294 g/mol. The highest BCUT2D eigenvalue weighted by molar-refractivity contribution is 9.10. The lowest BCUT2D eigenvalue weighted by Crippen LogP contribution is -1.89. The molecule has 0 aromatic heterocycles. The molecule has 17 heavy (non-hydrogen) atoms. The Balaban J connectivity index is 2.43. The van der Waals surface area contributed by atoms with Gasteiger partial charge in [-0.2, -0.15) is 0 Å². The van der Waals surface area contributed by atoms with Gasteiger partial charge < -0.3 is 0 Å². The van der Waals surface area contributed by atoms with E-state index >= 15 is 0 Å². The number of benzene rings is 2. The summed E-state index contributed by atoms with van der Waals surface area (Å²) in [6.07, 6.45) is 0. The third-order valence-electron chi connectivity index (χ3n) is 2.45. The molecule has 2 aromatic rings. The third-order valence-corrected chi connectivity index (χ3v) is 3.14. The number of halogens is 3. The molecule has 0 aliphatic carbocycles. The van der Waals surface area contributed by atoms with Crippen molar-refractivity contribution in [1.29, 1.82) is 0 Å². The first kappa shape index (κ1) is 12.0. The SMILES string of the molecule is C=C(c1ccc(F)cc1)c1cc(F)ccc1Br. The van der Waals surface area contributed by atoms with Crippen molar-refractivity contribution in [2.24, 2.45) is 0 Å². The minimum absolute atomic E-state index is 0.306. The molecular formula is C14H9BrF2. The molecule has 2 aromatic carbocycles. The molecule has 0 heterocycles. The van der Waals surface area contributed by atoms with E-state index < -0.39 is 0 Å². The Hall–Kier alpha value is -1.48. The topological polar surface area (TPSA) is 0 Å². The van der Waals surface area contributed by atoms with Crippen molar-refractivity contribution in [3.05, 3.63) is 76.3 Å². The summed E-state index contributed by atoms with van der Waals surface area (Å²) in [7, 11) is 0. The van der Waals surface area contributed by atoms with E-state index in [9.17, 15) is 8.78 Å². The van der Waals surface area contributed by atoms with Crippen molar-refractivity contribution < 1.29 is 8.78 Å². The van der Waals surface area contributed by atoms with E-state index in [0.29, 0.717) is 11.1 Å². The molecule has 0 spiro atoms. The molecule has 0 unspecified atom stereocenters. The van der Waals surface area contributed by atoms with E-state index in [1.54, 1.807) is 18.2 Å². The molecule has 0 bridgehead atoms. The summed E-state index contributed by atoms with van der Waals surface area (Å²) in [4.78, 5) is 0. The fraction of sp³-hybridized carbons (Fsp3) is 0. The Morgan fingerprint density at radius 3 is 2.18 bits per heavy atom. The van der Waals surface area contributed by atoms with Gasteiger partial charge in [0.25, 0.3) is 0 Å². The molecule has 3 heteroatoms. The molecule has 0 saturated carbocycles. The summed E-state index contributed by atoms with van der Waals surface area (Å²) in [6.45, 7) is 3.91. The van der Waals surface area contributed by atoms with Crippen LogP contribution in [0.5, 0.6) is 0 Å². The van der Waals surface area contributed by atoms with Crippen molar-refractivity contribution in [2.45, 2.75) is 0 Å². The molecule has 0 nitrogen and oxygen atoms in total. The Bertz CT molecular complexity index is 559. The van der Waals surface area contributed by atoms with E-state index in [1.807, 2.05) is 0 Å². The van der Waals surface area contributed by atoms with Crippen molar-refractivity contribution in [3.8, 4) is 0 Å². The van der Waals surface area contributed by atoms with E-state index in [2.05, 4.69) is 22.5 Å². The molecule has 86 valence electrons. The second-order valence-electron chi connectivity index (χ2n) is 3.61. The van der Waals surface area contributed by atoms with Gasteiger partial charge in [-0.3, -0.25) is 0 Å². The maximum atomic E-state index is 13.2. The average molecular weight is 295 g/mol. The van der Waals surface area contributed by atoms with Gasteiger partial charge in [0.15, 0.2) is 0 Å². The first-order valence-electron chi connectivity index (χ1n) is 4.98. The summed E-state index contributed by atoms with van der Waals surface area (Å²) in [5, 5.41) is 0. The summed E-state index contributed by atoms with van der Waals surface area (Å²) in [6, 6.07) is 10.3. The Morgan fingerprint density at radius 1 is 0.941 bits per heavy atom. The van der Waals surface area contributed by atoms with Gasteiger partial charge in [0, 0.05) is 4.47 Å². The Morgan fingerprint density at radius 2 is 1.53 bits per heavy atom. The van der Waals surface area contributed by atoms with Crippen molar-refractivity contribution in [2.75, 3.05) is 0 Å². The zero-order chi connectivity index (χ0) is 12.4. The average Bonchev–Trinajstić information content (AvgIpc) is 2.32. The maximum absolute atomic E-state index is 13.2. The molecule has 0 atom stereocenters. The largest absolute Gasteiger partial charge is 0.207 e. The minimum Gasteiger partial charge on any atom is -0.207 e. The minimum atomic E-state index is -0.327. The van der Waals surface area contributed by atoms with E-state index in [0.717, 1.165) is 10.0 Å². The molecule has 0 N–H and O–H groups in total. The van der Waals surface area contributed by atoms with Crippen LogP contribution in [-0.2, 0) is 0 Å². The molecule has 0 aliphatic heterocycles. The van der Waals surface area contributed by atoms with Gasteiger partial charge in [-0.1, -0.05) is 34.6 Å². The summed E-state index contributed by atoms with van der Waals surface area (Å²) in [5.74, 6) is -0.633. The molecule has 0 saturated heterocycles. The third kappa shape index (κ3) is 2.61. The van der Waals surface area contributed by atoms with E-state index in [-0.39, 0.29) is 11.6 Å². The van der Waals surface area contributed by atoms with Crippen LogP contribution >= 0.6 is 15.9 Å². The highest BCUT2D eigenvalue weighted by Gasteiger charge is 2.08. The molecule has 2 rings (SSSR count). The number of rotatable bonds is 2. The van der Waals surface area contributed by atoms with Gasteiger partial charge in [0.2, 0.25) is 0 Å². The standard InChI is InChI=1S/C14H9BrF2/c1-9(10-2-4-11(16)5-3-10)13-8-12(17)6-7-14(13)15/h2-8H,1H2. The van der Waals surface area contributed by atoms with Crippen molar-refractivity contribution >= 4 is 21.5 Å². The molecule has 0 fully saturated rings. The van der Waals surface area contributed by atoms with Gasteiger partial charge >= 0.3 is 0 Å². The van der Waals surface area contributed by atoms with Crippen LogP contribution in [-0.4, -0.2) is 0 Å². The molecular weight excluding hydrogens is 286 g/mol. The normalized spacial score (nSPS) is 10.3. The Kier molecular flexibility index (Phi) is 3.38. The summed E-state index contributed by atoms with van der Waals surface area (Å²) < 4.78 is 26.7.